The van der Waals surface area contributed by atoms with E-state index in [-0.39, 0.29) is 11.4 Å². The zero-order valence-corrected chi connectivity index (χ0v) is 11.6. The fraction of sp³-hybridized carbons (Fsp3) is 0.0769. The van der Waals surface area contributed by atoms with Crippen LogP contribution < -0.4 is 10.1 Å². The van der Waals surface area contributed by atoms with E-state index in [1.807, 2.05) is 0 Å². The van der Waals surface area contributed by atoms with Gasteiger partial charge >= 0.3 is 0 Å². The molecule has 19 heavy (non-hydrogen) atoms. The Morgan fingerprint density at radius 1 is 1.42 bits per heavy atom. The molecule has 0 atom stereocenters. The Hall–Kier alpha value is -2.08. The molecule has 1 aromatic carbocycles. The van der Waals surface area contributed by atoms with Crippen LogP contribution in [0.1, 0.15) is 10.5 Å². The zero-order valence-electron chi connectivity index (χ0n) is 10.1. The number of hydrogen-bond acceptors (Lipinski definition) is 4. The highest BCUT2D eigenvalue weighted by Crippen LogP contribution is 2.28. The average Bonchev–Trinajstić information content (AvgIpc) is 2.39. The first-order valence-corrected chi connectivity index (χ1v) is 6.20. The predicted molar refractivity (Wildman–Crippen MR) is 74.5 cm³/mol. The maximum atomic E-state index is 11.9. The molecule has 0 aliphatic carbocycles. The molecule has 6 heteroatoms. The van der Waals surface area contributed by atoms with Crippen molar-refractivity contribution in [2.24, 2.45) is 0 Å². The summed E-state index contributed by atoms with van der Waals surface area (Å²) in [6, 6.07) is 8.08. The smallest absolute Gasteiger partial charge is 0.278 e. The number of benzene rings is 1. The SMILES string of the molecule is COc1ccc(NC(=O)c2ncccc2O)cc1Br. The summed E-state index contributed by atoms with van der Waals surface area (Å²) in [6.45, 7) is 0. The highest BCUT2D eigenvalue weighted by Gasteiger charge is 2.12. The number of hydrogen-bond donors (Lipinski definition) is 2. The number of ether oxygens (including phenoxy) is 1. The van der Waals surface area contributed by atoms with Gasteiger partial charge in [-0.3, -0.25) is 4.79 Å². The van der Waals surface area contributed by atoms with E-state index >= 15 is 0 Å². The second kappa shape index (κ2) is 5.71. The lowest BCUT2D eigenvalue weighted by atomic mass is 10.2. The van der Waals surface area contributed by atoms with Gasteiger partial charge in [-0.1, -0.05) is 0 Å². The monoisotopic (exact) mass is 322 g/mol. The normalized spacial score (nSPS) is 10.0. The van der Waals surface area contributed by atoms with Gasteiger partial charge in [0.05, 0.1) is 11.6 Å². The molecule has 0 saturated heterocycles. The van der Waals surface area contributed by atoms with Crippen molar-refractivity contribution in [1.82, 2.24) is 4.98 Å². The third-order valence-electron chi connectivity index (χ3n) is 2.41. The predicted octanol–water partition coefficient (Wildman–Crippen LogP) is 2.81. The van der Waals surface area contributed by atoms with E-state index in [1.165, 1.54) is 12.3 Å². The Labute approximate surface area is 118 Å². The van der Waals surface area contributed by atoms with Crippen LogP contribution in [0.2, 0.25) is 0 Å². The molecule has 0 aliphatic rings. The molecular formula is C13H11BrN2O3. The summed E-state index contributed by atoms with van der Waals surface area (Å²) in [4.78, 5) is 15.8. The van der Waals surface area contributed by atoms with Crippen LogP contribution in [0.5, 0.6) is 11.5 Å². The fourth-order valence-electron chi connectivity index (χ4n) is 1.51. The van der Waals surface area contributed by atoms with Crippen molar-refractivity contribution in [1.29, 1.82) is 0 Å². The fourth-order valence-corrected chi connectivity index (χ4v) is 2.05. The summed E-state index contributed by atoms with van der Waals surface area (Å²) in [5.41, 5.74) is 0.553. The van der Waals surface area contributed by atoms with Crippen LogP contribution in [0.25, 0.3) is 0 Å². The average molecular weight is 323 g/mol. The van der Waals surface area contributed by atoms with E-state index in [1.54, 1.807) is 31.4 Å². The first kappa shape index (κ1) is 13.4. The van der Waals surface area contributed by atoms with Gasteiger partial charge in [0.2, 0.25) is 0 Å². The van der Waals surface area contributed by atoms with E-state index in [0.29, 0.717) is 11.4 Å². The van der Waals surface area contributed by atoms with Crippen molar-refractivity contribution >= 4 is 27.5 Å². The topological polar surface area (TPSA) is 71.5 Å². The summed E-state index contributed by atoms with van der Waals surface area (Å²) in [5.74, 6) is 0.0291. The van der Waals surface area contributed by atoms with Crippen molar-refractivity contribution in [3.8, 4) is 11.5 Å². The van der Waals surface area contributed by atoms with Gasteiger partial charge in [0.1, 0.15) is 11.5 Å². The number of carbonyl (C=O) groups excluding carboxylic acids is 1. The van der Waals surface area contributed by atoms with Crippen LogP contribution in [-0.4, -0.2) is 23.1 Å². The molecule has 0 bridgehead atoms. The second-order valence-corrected chi connectivity index (χ2v) is 4.53. The maximum absolute atomic E-state index is 11.9. The minimum absolute atomic E-state index is 0.0190. The Kier molecular flexibility index (Phi) is 4.01. The molecule has 5 nitrogen and oxygen atoms in total. The minimum atomic E-state index is -0.477. The Balaban J connectivity index is 2.20. The first-order chi connectivity index (χ1) is 9.11. The van der Waals surface area contributed by atoms with Gasteiger partial charge < -0.3 is 15.2 Å². The molecule has 2 rings (SSSR count). The van der Waals surface area contributed by atoms with Crippen LogP contribution in [0, 0.1) is 0 Å². The summed E-state index contributed by atoms with van der Waals surface area (Å²) < 4.78 is 5.82. The van der Waals surface area contributed by atoms with Crippen molar-refractivity contribution < 1.29 is 14.6 Å². The summed E-state index contributed by atoms with van der Waals surface area (Å²) in [5, 5.41) is 12.2. The Bertz CT molecular complexity index is 617. The first-order valence-electron chi connectivity index (χ1n) is 5.40. The van der Waals surface area contributed by atoms with Gasteiger partial charge in [0.25, 0.3) is 5.91 Å². The third kappa shape index (κ3) is 3.03. The zero-order chi connectivity index (χ0) is 13.8. The highest BCUT2D eigenvalue weighted by molar-refractivity contribution is 9.10. The molecule has 0 radical (unpaired) electrons. The van der Waals surface area contributed by atoms with Crippen molar-refractivity contribution in [2.45, 2.75) is 0 Å². The number of carbonyl (C=O) groups is 1. The third-order valence-corrected chi connectivity index (χ3v) is 3.03. The lowest BCUT2D eigenvalue weighted by molar-refractivity contribution is 0.101. The van der Waals surface area contributed by atoms with Crippen molar-refractivity contribution in [2.75, 3.05) is 12.4 Å². The van der Waals surface area contributed by atoms with E-state index in [9.17, 15) is 9.90 Å². The lowest BCUT2D eigenvalue weighted by Crippen LogP contribution is -2.13. The lowest BCUT2D eigenvalue weighted by Gasteiger charge is -2.08. The number of pyridine rings is 1. The molecule has 2 aromatic rings. The maximum Gasteiger partial charge on any atom is 0.278 e. The van der Waals surface area contributed by atoms with Gasteiger partial charge in [-0.25, -0.2) is 4.98 Å². The van der Waals surface area contributed by atoms with Crippen LogP contribution >= 0.6 is 15.9 Å². The molecule has 0 aliphatic heterocycles. The molecule has 1 aromatic heterocycles. The number of halogens is 1. The molecule has 0 saturated carbocycles. The van der Waals surface area contributed by atoms with Crippen LogP contribution in [0.4, 0.5) is 5.69 Å². The number of nitrogens with zero attached hydrogens (tertiary/aromatic N) is 1. The van der Waals surface area contributed by atoms with Crippen molar-refractivity contribution in [3.63, 3.8) is 0 Å². The summed E-state index contributed by atoms with van der Waals surface area (Å²) in [7, 11) is 1.56. The number of methoxy groups -OCH3 is 1. The molecular weight excluding hydrogens is 312 g/mol. The van der Waals surface area contributed by atoms with Crippen LogP contribution in [0.15, 0.2) is 41.0 Å². The van der Waals surface area contributed by atoms with Gasteiger partial charge in [-0.2, -0.15) is 0 Å². The van der Waals surface area contributed by atoms with Crippen LogP contribution in [0.3, 0.4) is 0 Å². The van der Waals surface area contributed by atoms with Gasteiger partial charge in [0.15, 0.2) is 5.69 Å². The minimum Gasteiger partial charge on any atom is -0.505 e. The second-order valence-electron chi connectivity index (χ2n) is 3.67. The largest absolute Gasteiger partial charge is 0.505 e. The number of rotatable bonds is 3. The molecule has 0 spiro atoms. The molecule has 98 valence electrons. The number of aromatic hydroxyl groups is 1. The van der Waals surface area contributed by atoms with E-state index < -0.39 is 5.91 Å². The quantitative estimate of drug-likeness (QED) is 0.911. The molecule has 1 heterocycles. The van der Waals surface area contributed by atoms with E-state index in [2.05, 4.69) is 26.2 Å². The van der Waals surface area contributed by atoms with Crippen molar-refractivity contribution in [3.05, 3.63) is 46.7 Å². The molecule has 1 amide bonds. The highest BCUT2D eigenvalue weighted by atomic mass is 79.9. The van der Waals surface area contributed by atoms with Gasteiger partial charge in [-0.05, 0) is 46.3 Å². The van der Waals surface area contributed by atoms with Gasteiger partial charge in [-0.15, -0.1) is 0 Å². The van der Waals surface area contributed by atoms with Gasteiger partial charge in [0, 0.05) is 11.9 Å². The Morgan fingerprint density at radius 2 is 2.21 bits per heavy atom. The number of aromatic nitrogens is 1. The number of nitrogens with one attached hydrogen (secondary N) is 1. The summed E-state index contributed by atoms with van der Waals surface area (Å²) in [6.07, 6.45) is 1.44. The van der Waals surface area contributed by atoms with E-state index in [0.717, 1.165) is 4.47 Å². The number of amides is 1. The Morgan fingerprint density at radius 3 is 2.84 bits per heavy atom. The molecule has 0 fully saturated rings. The molecule has 2 N–H and O–H groups in total. The number of anilines is 1. The van der Waals surface area contributed by atoms with E-state index in [4.69, 9.17) is 4.74 Å². The summed E-state index contributed by atoms with van der Waals surface area (Å²) >= 11 is 3.33. The standard InChI is InChI=1S/C13H11BrN2O3/c1-19-11-5-4-8(7-9(11)14)16-13(18)12-10(17)3-2-6-15-12/h2-7,17H,1H3,(H,16,18). The van der Waals surface area contributed by atoms with Crippen LogP contribution in [-0.2, 0) is 0 Å². The molecule has 0 unspecified atom stereocenters.